The van der Waals surface area contributed by atoms with Gasteiger partial charge in [-0.3, -0.25) is 0 Å². The fraction of sp³-hybridized carbons (Fsp3) is 0.286. The average molecular weight is 243 g/mol. The molecule has 4 nitrogen and oxygen atoms in total. The first-order valence-corrected chi connectivity index (χ1v) is 5.92. The van der Waals surface area contributed by atoms with E-state index in [-0.39, 0.29) is 0 Å². The monoisotopic (exact) mass is 243 g/mol. The molecule has 0 aliphatic rings. The molecule has 0 fully saturated rings. The first-order valence-electron chi connectivity index (χ1n) is 5.92. The summed E-state index contributed by atoms with van der Waals surface area (Å²) in [6, 6.07) is 6.15. The molecule has 0 unspecified atom stereocenters. The maximum atomic E-state index is 5.81. The molecule has 94 valence electrons. The lowest BCUT2D eigenvalue weighted by molar-refractivity contribution is 0.455. The van der Waals surface area contributed by atoms with E-state index >= 15 is 0 Å². The van der Waals surface area contributed by atoms with Crippen molar-refractivity contribution >= 4 is 5.69 Å². The minimum absolute atomic E-state index is 0.378. The van der Waals surface area contributed by atoms with Crippen LogP contribution in [0, 0.1) is 6.92 Å². The lowest BCUT2D eigenvalue weighted by Crippen LogP contribution is -1.99. The maximum Gasteiger partial charge on any atom is 0.245 e. The number of benzene rings is 1. The van der Waals surface area contributed by atoms with Crippen molar-refractivity contribution in [2.24, 2.45) is 0 Å². The Hall–Kier alpha value is -2.10. The third kappa shape index (κ3) is 2.59. The molecule has 4 heteroatoms. The SMILES string of the molecule is Cc1ccc(C(C)C)c(Oc2ncncc2N)c1. The summed E-state index contributed by atoms with van der Waals surface area (Å²) in [5.74, 6) is 1.58. The van der Waals surface area contributed by atoms with Crippen molar-refractivity contribution in [2.45, 2.75) is 26.7 Å². The van der Waals surface area contributed by atoms with E-state index in [1.807, 2.05) is 13.0 Å². The minimum atomic E-state index is 0.378. The predicted molar refractivity (Wildman–Crippen MR) is 71.8 cm³/mol. The van der Waals surface area contributed by atoms with Crippen molar-refractivity contribution in [2.75, 3.05) is 5.73 Å². The van der Waals surface area contributed by atoms with Crippen LogP contribution in [0.25, 0.3) is 0 Å². The van der Waals surface area contributed by atoms with Crippen molar-refractivity contribution in [1.82, 2.24) is 9.97 Å². The molecule has 0 saturated carbocycles. The molecule has 18 heavy (non-hydrogen) atoms. The van der Waals surface area contributed by atoms with Gasteiger partial charge in [-0.2, -0.15) is 4.98 Å². The summed E-state index contributed by atoms with van der Waals surface area (Å²) >= 11 is 0. The van der Waals surface area contributed by atoms with Crippen LogP contribution in [0.2, 0.25) is 0 Å². The summed E-state index contributed by atoms with van der Waals surface area (Å²) in [5, 5.41) is 0. The maximum absolute atomic E-state index is 5.81. The lowest BCUT2D eigenvalue weighted by Gasteiger charge is -2.14. The molecular formula is C14H17N3O. The highest BCUT2D eigenvalue weighted by molar-refractivity contribution is 5.49. The average Bonchev–Trinajstić information content (AvgIpc) is 2.32. The number of nitrogens with zero attached hydrogens (tertiary/aromatic N) is 2. The van der Waals surface area contributed by atoms with Crippen LogP contribution in [0.1, 0.15) is 30.9 Å². The topological polar surface area (TPSA) is 61.0 Å². The summed E-state index contributed by atoms with van der Waals surface area (Å²) in [7, 11) is 0. The van der Waals surface area contributed by atoms with Crippen LogP contribution < -0.4 is 10.5 Å². The molecule has 1 aromatic heterocycles. The van der Waals surface area contributed by atoms with Gasteiger partial charge in [-0.15, -0.1) is 0 Å². The number of nitrogen functional groups attached to an aromatic ring is 1. The molecule has 2 N–H and O–H groups in total. The molecule has 0 spiro atoms. The molecule has 0 amide bonds. The number of ether oxygens (including phenoxy) is 1. The fourth-order valence-corrected chi connectivity index (χ4v) is 1.73. The summed E-state index contributed by atoms with van der Waals surface area (Å²) in [4.78, 5) is 7.89. The van der Waals surface area contributed by atoms with Crippen LogP contribution in [-0.4, -0.2) is 9.97 Å². The lowest BCUT2D eigenvalue weighted by atomic mass is 10.0. The molecular weight excluding hydrogens is 226 g/mol. The van der Waals surface area contributed by atoms with E-state index in [0.717, 1.165) is 16.9 Å². The van der Waals surface area contributed by atoms with Crippen molar-refractivity contribution in [3.63, 3.8) is 0 Å². The van der Waals surface area contributed by atoms with E-state index in [9.17, 15) is 0 Å². The van der Waals surface area contributed by atoms with Gasteiger partial charge in [0.25, 0.3) is 0 Å². The van der Waals surface area contributed by atoms with Crippen molar-refractivity contribution < 1.29 is 4.74 Å². The van der Waals surface area contributed by atoms with E-state index in [2.05, 4.69) is 35.9 Å². The summed E-state index contributed by atoms with van der Waals surface area (Å²) in [6.45, 7) is 6.28. The Balaban J connectivity index is 2.39. The number of rotatable bonds is 3. The molecule has 0 atom stereocenters. The first kappa shape index (κ1) is 12.4. The molecule has 1 heterocycles. The molecule has 0 aliphatic heterocycles. The molecule has 2 aromatic rings. The van der Waals surface area contributed by atoms with Crippen LogP contribution in [0.4, 0.5) is 5.69 Å². The van der Waals surface area contributed by atoms with Gasteiger partial charge in [-0.05, 0) is 30.0 Å². The number of anilines is 1. The Morgan fingerprint density at radius 1 is 1.28 bits per heavy atom. The van der Waals surface area contributed by atoms with Crippen molar-refractivity contribution in [1.29, 1.82) is 0 Å². The number of hydrogen-bond donors (Lipinski definition) is 1. The van der Waals surface area contributed by atoms with Crippen LogP contribution in [0.3, 0.4) is 0 Å². The van der Waals surface area contributed by atoms with Gasteiger partial charge in [0.2, 0.25) is 5.88 Å². The van der Waals surface area contributed by atoms with Gasteiger partial charge in [-0.25, -0.2) is 4.98 Å². The Morgan fingerprint density at radius 3 is 2.72 bits per heavy atom. The van der Waals surface area contributed by atoms with E-state index in [1.54, 1.807) is 0 Å². The molecule has 1 aromatic carbocycles. The highest BCUT2D eigenvalue weighted by Gasteiger charge is 2.11. The van der Waals surface area contributed by atoms with Crippen LogP contribution in [-0.2, 0) is 0 Å². The Bertz CT molecular complexity index is 552. The standard InChI is InChI=1S/C14H17N3O/c1-9(2)11-5-4-10(3)6-13(11)18-14-12(15)7-16-8-17-14/h4-9H,15H2,1-3H3. The fourth-order valence-electron chi connectivity index (χ4n) is 1.73. The third-order valence-electron chi connectivity index (χ3n) is 2.70. The quantitative estimate of drug-likeness (QED) is 0.898. The summed E-state index contributed by atoms with van der Waals surface area (Å²) in [6.07, 6.45) is 2.96. The highest BCUT2D eigenvalue weighted by atomic mass is 16.5. The minimum Gasteiger partial charge on any atom is -0.437 e. The van der Waals surface area contributed by atoms with Crippen molar-refractivity contribution in [3.05, 3.63) is 41.9 Å². The number of hydrogen-bond acceptors (Lipinski definition) is 4. The zero-order valence-corrected chi connectivity index (χ0v) is 10.8. The van der Waals surface area contributed by atoms with E-state index in [4.69, 9.17) is 10.5 Å². The molecule has 0 bridgehead atoms. The van der Waals surface area contributed by atoms with Gasteiger partial charge in [0.1, 0.15) is 17.8 Å². The normalized spacial score (nSPS) is 10.7. The Morgan fingerprint density at radius 2 is 2.06 bits per heavy atom. The second-order valence-corrected chi connectivity index (χ2v) is 4.58. The first-order chi connectivity index (χ1) is 8.58. The summed E-state index contributed by atoms with van der Waals surface area (Å²) in [5.41, 5.74) is 8.50. The van der Waals surface area contributed by atoms with Gasteiger partial charge in [-0.1, -0.05) is 26.0 Å². The van der Waals surface area contributed by atoms with Crippen LogP contribution in [0.15, 0.2) is 30.7 Å². The smallest absolute Gasteiger partial charge is 0.245 e. The number of aryl methyl sites for hydroxylation is 1. The predicted octanol–water partition coefficient (Wildman–Crippen LogP) is 3.28. The van der Waals surface area contributed by atoms with E-state index in [1.165, 1.54) is 12.5 Å². The molecule has 0 radical (unpaired) electrons. The highest BCUT2D eigenvalue weighted by Crippen LogP contribution is 2.32. The van der Waals surface area contributed by atoms with Gasteiger partial charge < -0.3 is 10.5 Å². The molecule has 2 rings (SSSR count). The van der Waals surface area contributed by atoms with Gasteiger partial charge >= 0.3 is 0 Å². The molecule has 0 aliphatic carbocycles. The van der Waals surface area contributed by atoms with Gasteiger partial charge in [0.15, 0.2) is 0 Å². The van der Waals surface area contributed by atoms with Crippen LogP contribution in [0.5, 0.6) is 11.6 Å². The Kier molecular flexibility index (Phi) is 3.46. The third-order valence-corrected chi connectivity index (χ3v) is 2.70. The van der Waals surface area contributed by atoms with E-state index in [0.29, 0.717) is 17.5 Å². The van der Waals surface area contributed by atoms with Gasteiger partial charge in [0, 0.05) is 0 Å². The second kappa shape index (κ2) is 5.04. The van der Waals surface area contributed by atoms with E-state index < -0.39 is 0 Å². The van der Waals surface area contributed by atoms with Gasteiger partial charge in [0.05, 0.1) is 6.20 Å². The zero-order valence-electron chi connectivity index (χ0n) is 10.8. The van der Waals surface area contributed by atoms with Crippen molar-refractivity contribution in [3.8, 4) is 11.6 Å². The molecule has 0 saturated heterocycles. The largest absolute Gasteiger partial charge is 0.437 e. The zero-order chi connectivity index (χ0) is 13.1. The Labute approximate surface area is 107 Å². The second-order valence-electron chi connectivity index (χ2n) is 4.58. The summed E-state index contributed by atoms with van der Waals surface area (Å²) < 4.78 is 5.81. The number of aromatic nitrogens is 2. The number of nitrogens with two attached hydrogens (primary N) is 1. The van der Waals surface area contributed by atoms with Crippen LogP contribution >= 0.6 is 0 Å².